The first kappa shape index (κ1) is 15.4. The molecule has 0 aliphatic carbocycles. The Hall–Kier alpha value is -1.66. The van der Waals surface area contributed by atoms with Gasteiger partial charge in [0.05, 0.1) is 16.4 Å². The van der Waals surface area contributed by atoms with Crippen LogP contribution in [0.5, 0.6) is 0 Å². The van der Waals surface area contributed by atoms with Gasteiger partial charge in [0.25, 0.3) is 5.69 Å². The molecule has 0 spiro atoms. The Morgan fingerprint density at radius 2 is 2.26 bits per heavy atom. The van der Waals surface area contributed by atoms with E-state index in [0.717, 1.165) is 0 Å². The van der Waals surface area contributed by atoms with Crippen molar-refractivity contribution in [3.05, 3.63) is 38.9 Å². The number of nitrogens with one attached hydrogen (secondary N) is 1. The average molecular weight is 286 g/mol. The van der Waals surface area contributed by atoms with Crippen molar-refractivity contribution >= 4 is 23.2 Å². The van der Waals surface area contributed by atoms with Crippen LogP contribution in [0.2, 0.25) is 5.02 Å². The first-order chi connectivity index (χ1) is 8.90. The molecule has 0 radical (unpaired) electrons. The van der Waals surface area contributed by atoms with Gasteiger partial charge in [0.15, 0.2) is 0 Å². The summed E-state index contributed by atoms with van der Waals surface area (Å²) in [5, 5.41) is 13.5. The van der Waals surface area contributed by atoms with Gasteiger partial charge in [0, 0.05) is 24.7 Å². The molecule has 3 N–H and O–H groups in total. The van der Waals surface area contributed by atoms with Gasteiger partial charge in [0.1, 0.15) is 0 Å². The van der Waals surface area contributed by atoms with E-state index in [0.29, 0.717) is 18.5 Å². The fourth-order valence-corrected chi connectivity index (χ4v) is 1.71. The molecule has 0 fully saturated rings. The SMILES string of the molecule is CC(N)CCNC(=O)Cc1ccc([N+](=O)[O-])cc1Cl. The lowest BCUT2D eigenvalue weighted by Crippen LogP contribution is -2.30. The van der Waals surface area contributed by atoms with E-state index in [-0.39, 0.29) is 29.1 Å². The molecule has 19 heavy (non-hydrogen) atoms. The Morgan fingerprint density at radius 3 is 2.79 bits per heavy atom. The quantitative estimate of drug-likeness (QED) is 0.613. The van der Waals surface area contributed by atoms with Gasteiger partial charge in [-0.15, -0.1) is 0 Å². The van der Waals surface area contributed by atoms with Crippen molar-refractivity contribution in [1.82, 2.24) is 5.32 Å². The van der Waals surface area contributed by atoms with Crippen molar-refractivity contribution in [1.29, 1.82) is 0 Å². The highest BCUT2D eigenvalue weighted by atomic mass is 35.5. The zero-order chi connectivity index (χ0) is 14.4. The van der Waals surface area contributed by atoms with Crippen molar-refractivity contribution in [2.24, 2.45) is 5.73 Å². The fraction of sp³-hybridized carbons (Fsp3) is 0.417. The Morgan fingerprint density at radius 1 is 1.58 bits per heavy atom. The number of benzene rings is 1. The van der Waals surface area contributed by atoms with Crippen LogP contribution in [-0.4, -0.2) is 23.4 Å². The summed E-state index contributed by atoms with van der Waals surface area (Å²) < 4.78 is 0. The van der Waals surface area contributed by atoms with Gasteiger partial charge < -0.3 is 11.1 Å². The van der Waals surface area contributed by atoms with Crippen molar-refractivity contribution in [3.63, 3.8) is 0 Å². The monoisotopic (exact) mass is 285 g/mol. The third-order valence-corrected chi connectivity index (χ3v) is 2.87. The second kappa shape index (κ2) is 7.06. The maximum atomic E-state index is 11.6. The van der Waals surface area contributed by atoms with E-state index >= 15 is 0 Å². The van der Waals surface area contributed by atoms with Crippen molar-refractivity contribution in [2.45, 2.75) is 25.8 Å². The highest BCUT2D eigenvalue weighted by Crippen LogP contribution is 2.22. The minimum Gasteiger partial charge on any atom is -0.356 e. The molecule has 0 heterocycles. The number of carbonyl (C=O) groups is 1. The lowest BCUT2D eigenvalue weighted by Gasteiger charge is -2.08. The van der Waals surface area contributed by atoms with Crippen LogP contribution in [0.3, 0.4) is 0 Å². The van der Waals surface area contributed by atoms with E-state index in [4.69, 9.17) is 17.3 Å². The van der Waals surface area contributed by atoms with E-state index in [9.17, 15) is 14.9 Å². The summed E-state index contributed by atoms with van der Waals surface area (Å²) in [6.07, 6.45) is 0.787. The number of nitrogens with zero attached hydrogens (tertiary/aromatic N) is 1. The molecule has 0 aliphatic rings. The van der Waals surface area contributed by atoms with Crippen LogP contribution in [0, 0.1) is 10.1 Å². The van der Waals surface area contributed by atoms with Crippen molar-refractivity contribution in [3.8, 4) is 0 Å². The maximum absolute atomic E-state index is 11.6. The molecule has 6 nitrogen and oxygen atoms in total. The van der Waals surface area contributed by atoms with Crippen LogP contribution in [0.25, 0.3) is 0 Å². The Balaban J connectivity index is 2.57. The molecule has 1 aromatic carbocycles. The third kappa shape index (κ3) is 5.23. The number of amides is 1. The van der Waals surface area contributed by atoms with Gasteiger partial charge in [-0.2, -0.15) is 0 Å². The first-order valence-corrected chi connectivity index (χ1v) is 6.23. The second-order valence-corrected chi connectivity index (χ2v) is 4.73. The van der Waals surface area contributed by atoms with E-state index < -0.39 is 4.92 Å². The number of nitro groups is 1. The molecule has 0 saturated heterocycles. The van der Waals surface area contributed by atoms with E-state index in [1.165, 1.54) is 18.2 Å². The summed E-state index contributed by atoms with van der Waals surface area (Å²) in [4.78, 5) is 21.6. The fourth-order valence-electron chi connectivity index (χ4n) is 1.47. The van der Waals surface area contributed by atoms with E-state index in [1.54, 1.807) is 0 Å². The molecule has 0 saturated carbocycles. The van der Waals surface area contributed by atoms with Crippen LogP contribution in [0.15, 0.2) is 18.2 Å². The smallest absolute Gasteiger partial charge is 0.270 e. The highest BCUT2D eigenvalue weighted by molar-refractivity contribution is 6.31. The van der Waals surface area contributed by atoms with E-state index in [2.05, 4.69) is 5.32 Å². The number of non-ortho nitro benzene ring substituents is 1. The predicted octanol–water partition coefficient (Wildman–Crippen LogP) is 1.64. The molecule has 0 aromatic heterocycles. The van der Waals surface area contributed by atoms with Gasteiger partial charge >= 0.3 is 0 Å². The Bertz CT molecular complexity index is 477. The van der Waals surface area contributed by atoms with Crippen molar-refractivity contribution in [2.75, 3.05) is 6.54 Å². The molecule has 104 valence electrons. The van der Waals surface area contributed by atoms with Gasteiger partial charge in [0.2, 0.25) is 5.91 Å². The maximum Gasteiger partial charge on any atom is 0.270 e. The van der Waals surface area contributed by atoms with Gasteiger partial charge in [-0.05, 0) is 18.9 Å². The summed E-state index contributed by atoms with van der Waals surface area (Å²) in [7, 11) is 0. The normalized spacial score (nSPS) is 11.9. The van der Waals surface area contributed by atoms with Gasteiger partial charge in [-0.3, -0.25) is 14.9 Å². The number of hydrogen-bond acceptors (Lipinski definition) is 4. The summed E-state index contributed by atoms with van der Waals surface area (Å²) in [6, 6.07) is 4.09. The minimum atomic E-state index is -0.529. The summed E-state index contributed by atoms with van der Waals surface area (Å²) >= 11 is 5.90. The zero-order valence-electron chi connectivity index (χ0n) is 10.6. The lowest BCUT2D eigenvalue weighted by molar-refractivity contribution is -0.384. The molecule has 1 rings (SSSR count). The van der Waals surface area contributed by atoms with E-state index in [1.807, 2.05) is 6.92 Å². The number of halogens is 1. The van der Waals surface area contributed by atoms with Gasteiger partial charge in [-0.25, -0.2) is 0 Å². The number of hydrogen-bond donors (Lipinski definition) is 2. The highest BCUT2D eigenvalue weighted by Gasteiger charge is 2.12. The second-order valence-electron chi connectivity index (χ2n) is 4.33. The molecular weight excluding hydrogens is 270 g/mol. The molecular formula is C12H16ClN3O3. The standard InChI is InChI=1S/C12H16ClN3O3/c1-8(14)4-5-15-12(17)6-9-2-3-10(16(18)19)7-11(9)13/h2-3,7-8H,4-6,14H2,1H3,(H,15,17). The lowest BCUT2D eigenvalue weighted by atomic mass is 10.1. The average Bonchev–Trinajstić information content (AvgIpc) is 2.31. The molecule has 1 atom stereocenters. The number of rotatable bonds is 6. The predicted molar refractivity (Wildman–Crippen MR) is 73.1 cm³/mol. The molecule has 7 heteroatoms. The Labute approximate surface area is 116 Å². The van der Waals surface area contributed by atoms with Crippen LogP contribution in [0.1, 0.15) is 18.9 Å². The topological polar surface area (TPSA) is 98.3 Å². The Kier molecular flexibility index (Phi) is 5.72. The third-order valence-electron chi connectivity index (χ3n) is 2.52. The minimum absolute atomic E-state index is 0.0308. The molecule has 1 amide bonds. The first-order valence-electron chi connectivity index (χ1n) is 5.85. The molecule has 0 bridgehead atoms. The number of nitro benzene ring substituents is 1. The molecule has 1 aromatic rings. The van der Waals surface area contributed by atoms with Crippen LogP contribution in [-0.2, 0) is 11.2 Å². The van der Waals surface area contributed by atoms with Crippen LogP contribution >= 0.6 is 11.6 Å². The van der Waals surface area contributed by atoms with Crippen LogP contribution in [0.4, 0.5) is 5.69 Å². The molecule has 1 unspecified atom stereocenters. The molecule has 0 aliphatic heterocycles. The number of nitrogens with two attached hydrogens (primary N) is 1. The van der Waals surface area contributed by atoms with Crippen LogP contribution < -0.4 is 11.1 Å². The van der Waals surface area contributed by atoms with Crippen molar-refractivity contribution < 1.29 is 9.72 Å². The van der Waals surface area contributed by atoms with Gasteiger partial charge in [-0.1, -0.05) is 17.7 Å². The summed E-state index contributed by atoms with van der Waals surface area (Å²) in [5.41, 5.74) is 6.03. The zero-order valence-corrected chi connectivity index (χ0v) is 11.3. The number of carbonyl (C=O) groups excluding carboxylic acids is 1. The summed E-state index contributed by atoms with van der Waals surface area (Å²) in [5.74, 6) is -0.184. The largest absolute Gasteiger partial charge is 0.356 e. The summed E-state index contributed by atoms with van der Waals surface area (Å²) in [6.45, 7) is 2.36.